The normalized spacial score (nSPS) is 16.8. The number of pyridine rings is 1. The Labute approximate surface area is 121 Å². The van der Waals surface area contributed by atoms with Crippen LogP contribution in [0.5, 0.6) is 0 Å². The fourth-order valence-electron chi connectivity index (χ4n) is 2.28. The topological polar surface area (TPSA) is 37.2 Å². The van der Waals surface area contributed by atoms with E-state index in [0.29, 0.717) is 0 Å². The summed E-state index contributed by atoms with van der Waals surface area (Å²) in [4.78, 5) is 9.13. The van der Waals surface area contributed by atoms with Crippen molar-refractivity contribution in [2.75, 3.05) is 31.1 Å². The highest BCUT2D eigenvalue weighted by Crippen LogP contribution is 2.13. The number of hydrogen-bond acceptors (Lipinski definition) is 4. The van der Waals surface area contributed by atoms with Crippen LogP contribution in [-0.4, -0.2) is 45.8 Å². The molecule has 1 saturated heterocycles. The van der Waals surface area contributed by atoms with E-state index in [9.17, 15) is 0 Å². The Hall–Kier alpha value is -1.40. The zero-order chi connectivity index (χ0) is 13.1. The highest BCUT2D eigenvalue weighted by molar-refractivity contribution is 9.10. The fraction of sp³-hybridized carbons (Fsp3) is 0.385. The van der Waals surface area contributed by atoms with Crippen LogP contribution in [0.15, 0.2) is 41.3 Å². The molecule has 5 nitrogen and oxygen atoms in total. The molecule has 1 aliphatic rings. The SMILES string of the molecule is Brc1cnn(CN2CCN(c3ccccn3)CC2)c1. The van der Waals surface area contributed by atoms with Crippen molar-refractivity contribution in [2.24, 2.45) is 0 Å². The van der Waals surface area contributed by atoms with Crippen molar-refractivity contribution in [2.45, 2.75) is 6.67 Å². The molecule has 2 aromatic rings. The number of nitrogens with zero attached hydrogens (tertiary/aromatic N) is 5. The summed E-state index contributed by atoms with van der Waals surface area (Å²) in [5.41, 5.74) is 0. The van der Waals surface area contributed by atoms with E-state index < -0.39 is 0 Å². The van der Waals surface area contributed by atoms with Crippen molar-refractivity contribution in [3.05, 3.63) is 41.3 Å². The molecule has 0 saturated carbocycles. The molecular weight excluding hydrogens is 306 g/mol. The summed E-state index contributed by atoms with van der Waals surface area (Å²) in [6.07, 6.45) is 5.68. The summed E-state index contributed by atoms with van der Waals surface area (Å²) in [5.74, 6) is 1.07. The predicted molar refractivity (Wildman–Crippen MR) is 78.0 cm³/mol. The minimum atomic E-state index is 0.849. The summed E-state index contributed by atoms with van der Waals surface area (Å²) >= 11 is 3.42. The van der Waals surface area contributed by atoms with Gasteiger partial charge >= 0.3 is 0 Å². The van der Waals surface area contributed by atoms with Gasteiger partial charge in [-0.2, -0.15) is 5.10 Å². The number of anilines is 1. The molecule has 2 aromatic heterocycles. The molecule has 0 unspecified atom stereocenters. The number of halogens is 1. The van der Waals surface area contributed by atoms with E-state index in [4.69, 9.17) is 0 Å². The molecule has 0 N–H and O–H groups in total. The molecule has 1 aliphatic heterocycles. The van der Waals surface area contributed by atoms with Crippen molar-refractivity contribution in [1.82, 2.24) is 19.7 Å². The van der Waals surface area contributed by atoms with Gasteiger partial charge in [-0.15, -0.1) is 0 Å². The van der Waals surface area contributed by atoms with E-state index in [2.05, 4.69) is 41.9 Å². The van der Waals surface area contributed by atoms with Gasteiger partial charge in [-0.25, -0.2) is 4.98 Å². The smallest absolute Gasteiger partial charge is 0.128 e. The average molecular weight is 322 g/mol. The lowest BCUT2D eigenvalue weighted by atomic mass is 10.3. The molecule has 0 spiro atoms. The van der Waals surface area contributed by atoms with Gasteiger partial charge in [-0.05, 0) is 28.1 Å². The third-order valence-electron chi connectivity index (χ3n) is 3.29. The second kappa shape index (κ2) is 5.71. The number of aromatic nitrogens is 3. The minimum Gasteiger partial charge on any atom is -0.354 e. The molecule has 0 amide bonds. The fourth-order valence-corrected chi connectivity index (χ4v) is 2.61. The Morgan fingerprint density at radius 2 is 2.00 bits per heavy atom. The maximum atomic E-state index is 4.40. The summed E-state index contributed by atoms with van der Waals surface area (Å²) < 4.78 is 2.99. The highest BCUT2D eigenvalue weighted by atomic mass is 79.9. The molecule has 0 bridgehead atoms. The van der Waals surface area contributed by atoms with E-state index in [1.54, 1.807) is 0 Å². The standard InChI is InChI=1S/C13H16BrN5/c14-12-9-16-19(10-12)11-17-5-7-18(8-6-17)13-3-1-2-4-15-13/h1-4,9-10H,5-8,11H2. The van der Waals surface area contributed by atoms with Crippen LogP contribution in [0.25, 0.3) is 0 Å². The summed E-state index contributed by atoms with van der Waals surface area (Å²) in [7, 11) is 0. The molecule has 6 heteroatoms. The number of piperazine rings is 1. The van der Waals surface area contributed by atoms with Gasteiger partial charge in [0.1, 0.15) is 5.82 Å². The molecular formula is C13H16BrN5. The predicted octanol–water partition coefficient (Wildman–Crippen LogP) is 1.82. The van der Waals surface area contributed by atoms with Crippen molar-refractivity contribution >= 4 is 21.7 Å². The Bertz CT molecular complexity index is 519. The monoisotopic (exact) mass is 321 g/mol. The lowest BCUT2D eigenvalue weighted by Gasteiger charge is -2.35. The van der Waals surface area contributed by atoms with Gasteiger partial charge in [0.25, 0.3) is 0 Å². The summed E-state index contributed by atoms with van der Waals surface area (Å²) in [6, 6.07) is 6.06. The van der Waals surface area contributed by atoms with Gasteiger partial charge in [0.15, 0.2) is 0 Å². The first-order valence-electron chi connectivity index (χ1n) is 6.37. The molecule has 0 atom stereocenters. The first kappa shape index (κ1) is 12.6. The van der Waals surface area contributed by atoms with E-state index in [1.807, 2.05) is 35.4 Å². The van der Waals surface area contributed by atoms with Crippen molar-refractivity contribution in [1.29, 1.82) is 0 Å². The first-order chi connectivity index (χ1) is 9.31. The van der Waals surface area contributed by atoms with Crippen LogP contribution >= 0.6 is 15.9 Å². The zero-order valence-corrected chi connectivity index (χ0v) is 12.2. The zero-order valence-electron chi connectivity index (χ0n) is 10.6. The van der Waals surface area contributed by atoms with Gasteiger partial charge < -0.3 is 4.90 Å². The molecule has 3 heterocycles. The first-order valence-corrected chi connectivity index (χ1v) is 7.17. The van der Waals surface area contributed by atoms with Crippen LogP contribution < -0.4 is 4.90 Å². The maximum absolute atomic E-state index is 4.40. The number of hydrogen-bond donors (Lipinski definition) is 0. The van der Waals surface area contributed by atoms with Crippen LogP contribution in [0.4, 0.5) is 5.82 Å². The van der Waals surface area contributed by atoms with Crippen molar-refractivity contribution in [3.8, 4) is 0 Å². The highest BCUT2D eigenvalue weighted by Gasteiger charge is 2.17. The minimum absolute atomic E-state index is 0.849. The number of rotatable bonds is 3. The van der Waals surface area contributed by atoms with Crippen molar-refractivity contribution < 1.29 is 0 Å². The van der Waals surface area contributed by atoms with Gasteiger partial charge in [-0.3, -0.25) is 9.58 Å². The van der Waals surface area contributed by atoms with E-state index in [1.165, 1.54) is 0 Å². The maximum Gasteiger partial charge on any atom is 0.128 e. The van der Waals surface area contributed by atoms with E-state index >= 15 is 0 Å². The van der Waals surface area contributed by atoms with Gasteiger partial charge in [0, 0.05) is 38.6 Å². The molecule has 3 rings (SSSR count). The van der Waals surface area contributed by atoms with Crippen LogP contribution in [-0.2, 0) is 6.67 Å². The molecule has 100 valence electrons. The van der Waals surface area contributed by atoms with Gasteiger partial charge in [0.2, 0.25) is 0 Å². The third kappa shape index (κ3) is 3.13. The summed E-state index contributed by atoms with van der Waals surface area (Å²) in [5, 5.41) is 4.29. The molecule has 0 aromatic carbocycles. The largest absolute Gasteiger partial charge is 0.354 e. The molecule has 0 radical (unpaired) electrons. The van der Waals surface area contributed by atoms with E-state index in [-0.39, 0.29) is 0 Å². The molecule has 19 heavy (non-hydrogen) atoms. The van der Waals surface area contributed by atoms with Crippen LogP contribution in [0.1, 0.15) is 0 Å². The van der Waals surface area contributed by atoms with E-state index in [0.717, 1.165) is 43.1 Å². The Kier molecular flexibility index (Phi) is 3.79. The van der Waals surface area contributed by atoms with Crippen LogP contribution in [0.2, 0.25) is 0 Å². The second-order valence-corrected chi connectivity index (χ2v) is 5.55. The lowest BCUT2D eigenvalue weighted by Crippen LogP contribution is -2.47. The van der Waals surface area contributed by atoms with Gasteiger partial charge in [0.05, 0.1) is 17.3 Å². The Morgan fingerprint density at radius 1 is 1.16 bits per heavy atom. The molecule has 1 fully saturated rings. The summed E-state index contributed by atoms with van der Waals surface area (Å²) in [6.45, 7) is 4.95. The van der Waals surface area contributed by atoms with Crippen molar-refractivity contribution in [3.63, 3.8) is 0 Å². The van der Waals surface area contributed by atoms with Crippen LogP contribution in [0.3, 0.4) is 0 Å². The van der Waals surface area contributed by atoms with Gasteiger partial charge in [-0.1, -0.05) is 6.07 Å². The van der Waals surface area contributed by atoms with Crippen LogP contribution in [0, 0.1) is 0 Å². The Morgan fingerprint density at radius 3 is 2.63 bits per heavy atom. The Balaban J connectivity index is 1.55. The lowest BCUT2D eigenvalue weighted by molar-refractivity contribution is 0.195. The quantitative estimate of drug-likeness (QED) is 0.864. The third-order valence-corrected chi connectivity index (χ3v) is 3.70. The average Bonchev–Trinajstić information content (AvgIpc) is 2.86. The molecule has 0 aliphatic carbocycles. The second-order valence-electron chi connectivity index (χ2n) is 4.63.